The molecule has 106 valence electrons. The Morgan fingerprint density at radius 1 is 1.16 bits per heavy atom. The summed E-state index contributed by atoms with van der Waals surface area (Å²) in [5, 5.41) is 0. The van der Waals surface area contributed by atoms with E-state index in [4.69, 9.17) is 14.2 Å². The zero-order valence-electron chi connectivity index (χ0n) is 12.3. The number of likely N-dealkylation sites (N-methyl/N-ethyl adjacent to an activating group) is 1. The molecule has 1 aromatic carbocycles. The first-order valence-electron chi connectivity index (χ1n) is 5.93. The molecule has 1 aromatic rings. The highest BCUT2D eigenvalue weighted by molar-refractivity contribution is 5.79. The molecule has 0 aliphatic rings. The fourth-order valence-electron chi connectivity index (χ4n) is 2.07. The number of carbonyl (C=O) groups excluding carboxylic acids is 1. The van der Waals surface area contributed by atoms with Gasteiger partial charge in [0.15, 0.2) is 0 Å². The lowest BCUT2D eigenvalue weighted by molar-refractivity contribution is -0.146. The second-order valence-corrected chi connectivity index (χ2v) is 4.45. The van der Waals surface area contributed by atoms with E-state index in [1.165, 1.54) is 7.11 Å². The van der Waals surface area contributed by atoms with Gasteiger partial charge in [0.1, 0.15) is 17.5 Å². The summed E-state index contributed by atoms with van der Waals surface area (Å²) in [4.78, 5) is 13.8. The molecule has 5 nitrogen and oxygen atoms in total. The lowest BCUT2D eigenvalue weighted by Crippen LogP contribution is -2.29. The smallest absolute Gasteiger partial charge is 0.327 e. The van der Waals surface area contributed by atoms with Crippen LogP contribution in [0.25, 0.3) is 0 Å². The van der Waals surface area contributed by atoms with E-state index in [1.807, 2.05) is 27.1 Å². The van der Waals surface area contributed by atoms with Crippen LogP contribution in [0, 0.1) is 6.92 Å². The predicted octanol–water partition coefficient (Wildman–Crippen LogP) is 1.79. The van der Waals surface area contributed by atoms with E-state index >= 15 is 0 Å². The summed E-state index contributed by atoms with van der Waals surface area (Å²) in [7, 11) is 8.19. The molecule has 19 heavy (non-hydrogen) atoms. The predicted molar refractivity (Wildman–Crippen MR) is 72.7 cm³/mol. The standard InChI is InChI=1S/C14H21NO4/c1-9-7-10(17-4)8-11(18-5)12(9)13(15(2)3)14(16)19-6/h7-8,13H,1-6H3. The lowest BCUT2D eigenvalue weighted by atomic mass is 9.98. The minimum atomic E-state index is -0.508. The Kier molecular flexibility index (Phi) is 5.18. The highest BCUT2D eigenvalue weighted by Crippen LogP contribution is 2.35. The highest BCUT2D eigenvalue weighted by atomic mass is 16.5. The molecule has 0 amide bonds. The second kappa shape index (κ2) is 6.43. The molecular formula is C14H21NO4. The van der Waals surface area contributed by atoms with Crippen LogP contribution in [0.15, 0.2) is 12.1 Å². The zero-order valence-corrected chi connectivity index (χ0v) is 12.3. The van der Waals surface area contributed by atoms with Crippen molar-refractivity contribution in [2.45, 2.75) is 13.0 Å². The van der Waals surface area contributed by atoms with Gasteiger partial charge >= 0.3 is 5.97 Å². The number of esters is 1. The van der Waals surface area contributed by atoms with E-state index in [-0.39, 0.29) is 5.97 Å². The SMILES string of the molecule is COC(=O)C(c1c(C)cc(OC)cc1OC)N(C)C. The van der Waals surface area contributed by atoms with Gasteiger partial charge in [-0.2, -0.15) is 0 Å². The first-order chi connectivity index (χ1) is 8.96. The van der Waals surface area contributed by atoms with Crippen LogP contribution in [0.3, 0.4) is 0 Å². The Bertz CT molecular complexity index is 457. The summed E-state index contributed by atoms with van der Waals surface area (Å²) in [6.45, 7) is 1.92. The third-order valence-corrected chi connectivity index (χ3v) is 2.99. The Labute approximate surface area is 114 Å². The normalized spacial score (nSPS) is 12.2. The van der Waals surface area contributed by atoms with Gasteiger partial charge in [-0.3, -0.25) is 4.90 Å². The van der Waals surface area contributed by atoms with Gasteiger partial charge in [-0.25, -0.2) is 4.79 Å². The molecule has 0 aromatic heterocycles. The number of hydrogen-bond acceptors (Lipinski definition) is 5. The van der Waals surface area contributed by atoms with Crippen LogP contribution in [0.5, 0.6) is 11.5 Å². The number of benzene rings is 1. The molecule has 0 bridgehead atoms. The molecule has 0 radical (unpaired) electrons. The molecule has 0 N–H and O–H groups in total. The molecule has 0 saturated heterocycles. The third-order valence-electron chi connectivity index (χ3n) is 2.99. The van der Waals surface area contributed by atoms with E-state index in [1.54, 1.807) is 25.2 Å². The van der Waals surface area contributed by atoms with E-state index in [0.29, 0.717) is 11.5 Å². The molecule has 0 aliphatic carbocycles. The van der Waals surface area contributed by atoms with Gasteiger partial charge in [0, 0.05) is 11.6 Å². The maximum atomic E-state index is 12.0. The Morgan fingerprint density at radius 2 is 1.79 bits per heavy atom. The van der Waals surface area contributed by atoms with Gasteiger partial charge in [0.2, 0.25) is 0 Å². The number of nitrogens with zero attached hydrogens (tertiary/aromatic N) is 1. The molecule has 1 atom stereocenters. The molecule has 0 aliphatic heterocycles. The van der Waals surface area contributed by atoms with Crippen molar-refractivity contribution in [1.29, 1.82) is 0 Å². The summed E-state index contributed by atoms with van der Waals surface area (Å²) in [6.07, 6.45) is 0. The lowest BCUT2D eigenvalue weighted by Gasteiger charge is -2.25. The monoisotopic (exact) mass is 267 g/mol. The number of hydrogen-bond donors (Lipinski definition) is 0. The van der Waals surface area contributed by atoms with Crippen LogP contribution in [0.1, 0.15) is 17.2 Å². The first-order valence-corrected chi connectivity index (χ1v) is 5.93. The molecule has 1 unspecified atom stereocenters. The van der Waals surface area contributed by atoms with Gasteiger partial charge in [-0.15, -0.1) is 0 Å². The summed E-state index contributed by atoms with van der Waals surface area (Å²) in [6, 6.07) is 3.13. The topological polar surface area (TPSA) is 48.0 Å². The van der Waals surface area contributed by atoms with Gasteiger partial charge < -0.3 is 14.2 Å². The van der Waals surface area contributed by atoms with E-state index in [9.17, 15) is 4.79 Å². The van der Waals surface area contributed by atoms with Crippen molar-refractivity contribution in [1.82, 2.24) is 4.90 Å². The molecule has 0 spiro atoms. The van der Waals surface area contributed by atoms with Crippen molar-refractivity contribution in [2.24, 2.45) is 0 Å². The quantitative estimate of drug-likeness (QED) is 0.761. The van der Waals surface area contributed by atoms with Crippen LogP contribution in [0.4, 0.5) is 0 Å². The summed E-state index contributed by atoms with van der Waals surface area (Å²) in [5.41, 5.74) is 1.71. The van der Waals surface area contributed by atoms with Crippen LogP contribution in [0.2, 0.25) is 0 Å². The van der Waals surface area contributed by atoms with Crippen molar-refractivity contribution >= 4 is 5.97 Å². The van der Waals surface area contributed by atoms with E-state index in [2.05, 4.69) is 0 Å². The first kappa shape index (κ1) is 15.3. The summed E-state index contributed by atoms with van der Waals surface area (Å²) in [5.74, 6) is 0.984. The number of aryl methyl sites for hydroxylation is 1. The number of methoxy groups -OCH3 is 3. The van der Waals surface area contributed by atoms with Gasteiger partial charge in [-0.1, -0.05) is 0 Å². The van der Waals surface area contributed by atoms with E-state index < -0.39 is 6.04 Å². The maximum absolute atomic E-state index is 12.0. The molecule has 0 heterocycles. The third kappa shape index (κ3) is 3.17. The fraction of sp³-hybridized carbons (Fsp3) is 0.500. The van der Waals surface area contributed by atoms with Gasteiger partial charge in [0.25, 0.3) is 0 Å². The average molecular weight is 267 g/mol. The minimum absolute atomic E-state index is 0.323. The molecular weight excluding hydrogens is 246 g/mol. The van der Waals surface area contributed by atoms with Crippen molar-refractivity contribution in [3.8, 4) is 11.5 Å². The van der Waals surface area contributed by atoms with Crippen molar-refractivity contribution in [2.75, 3.05) is 35.4 Å². The molecule has 5 heteroatoms. The largest absolute Gasteiger partial charge is 0.497 e. The van der Waals surface area contributed by atoms with Gasteiger partial charge in [0.05, 0.1) is 21.3 Å². The van der Waals surface area contributed by atoms with Crippen LogP contribution in [-0.4, -0.2) is 46.3 Å². The van der Waals surface area contributed by atoms with Crippen molar-refractivity contribution in [3.05, 3.63) is 23.3 Å². The highest BCUT2D eigenvalue weighted by Gasteiger charge is 2.29. The van der Waals surface area contributed by atoms with Crippen molar-refractivity contribution < 1.29 is 19.0 Å². The number of ether oxygens (including phenoxy) is 3. The van der Waals surface area contributed by atoms with E-state index in [0.717, 1.165) is 11.1 Å². The minimum Gasteiger partial charge on any atom is -0.497 e. The van der Waals surface area contributed by atoms with Crippen LogP contribution in [-0.2, 0) is 9.53 Å². The van der Waals surface area contributed by atoms with Crippen molar-refractivity contribution in [3.63, 3.8) is 0 Å². The Morgan fingerprint density at radius 3 is 2.21 bits per heavy atom. The average Bonchev–Trinajstić information content (AvgIpc) is 2.39. The molecule has 1 rings (SSSR count). The molecule has 0 saturated carbocycles. The summed E-state index contributed by atoms with van der Waals surface area (Å²) >= 11 is 0. The Hall–Kier alpha value is -1.75. The number of carbonyl (C=O) groups is 1. The van der Waals surface area contributed by atoms with Crippen LogP contribution >= 0.6 is 0 Å². The van der Waals surface area contributed by atoms with Gasteiger partial charge in [-0.05, 0) is 32.6 Å². The maximum Gasteiger partial charge on any atom is 0.327 e. The zero-order chi connectivity index (χ0) is 14.6. The molecule has 0 fully saturated rings. The Balaban J connectivity index is 3.41. The fourth-order valence-corrected chi connectivity index (χ4v) is 2.07. The summed E-state index contributed by atoms with van der Waals surface area (Å²) < 4.78 is 15.5. The second-order valence-electron chi connectivity index (χ2n) is 4.45. The number of rotatable bonds is 5. The van der Waals surface area contributed by atoms with Crippen LogP contribution < -0.4 is 9.47 Å².